The third kappa shape index (κ3) is 4.09. The number of carbonyl (C=O) groups excluding carboxylic acids is 1. The van der Waals surface area contributed by atoms with Gasteiger partial charge < -0.3 is 10.0 Å². The van der Waals surface area contributed by atoms with Crippen LogP contribution in [-0.4, -0.2) is 49.5 Å². The number of carboxylic acid groups (broad SMARTS) is 1. The lowest BCUT2D eigenvalue weighted by atomic mass is 9.97. The summed E-state index contributed by atoms with van der Waals surface area (Å²) < 4.78 is 1.74. The van der Waals surface area contributed by atoms with Gasteiger partial charge in [0, 0.05) is 19.0 Å². The number of aliphatic carboxylic acids is 1. The van der Waals surface area contributed by atoms with Crippen LogP contribution in [0.25, 0.3) is 5.69 Å². The van der Waals surface area contributed by atoms with E-state index < -0.39 is 5.97 Å². The molecule has 0 saturated carbocycles. The van der Waals surface area contributed by atoms with Gasteiger partial charge >= 0.3 is 5.97 Å². The first-order valence-corrected chi connectivity index (χ1v) is 9.04. The number of benzene rings is 1. The summed E-state index contributed by atoms with van der Waals surface area (Å²) in [6, 6.07) is 9.70. The number of rotatable bonds is 6. The zero-order chi connectivity index (χ0) is 18.5. The number of carboxylic acids is 1. The Morgan fingerprint density at radius 3 is 2.73 bits per heavy atom. The van der Waals surface area contributed by atoms with Crippen LogP contribution in [0.5, 0.6) is 0 Å². The molecule has 0 bridgehead atoms. The molecule has 1 atom stereocenters. The van der Waals surface area contributed by atoms with Crippen molar-refractivity contribution in [1.82, 2.24) is 19.9 Å². The van der Waals surface area contributed by atoms with E-state index in [1.807, 2.05) is 42.2 Å². The van der Waals surface area contributed by atoms with E-state index in [4.69, 9.17) is 5.11 Å². The maximum absolute atomic E-state index is 12.8. The molecule has 7 nitrogen and oxygen atoms in total. The van der Waals surface area contributed by atoms with Crippen molar-refractivity contribution in [1.29, 1.82) is 0 Å². The molecule has 1 unspecified atom stereocenters. The molecule has 1 amide bonds. The lowest BCUT2D eigenvalue weighted by Crippen LogP contribution is -2.44. The van der Waals surface area contributed by atoms with Crippen molar-refractivity contribution in [2.24, 2.45) is 0 Å². The Morgan fingerprint density at radius 1 is 1.23 bits per heavy atom. The van der Waals surface area contributed by atoms with Gasteiger partial charge in [-0.3, -0.25) is 9.59 Å². The SMILES string of the molecule is Cc1c(CC(=O)N2CCCCC2CCC(=O)O)nnn1-c1ccccc1. The molecule has 0 aliphatic carbocycles. The second-order valence-corrected chi connectivity index (χ2v) is 6.71. The van der Waals surface area contributed by atoms with Gasteiger partial charge in [0.25, 0.3) is 0 Å². The predicted octanol–water partition coefficient (Wildman–Crippen LogP) is 2.36. The molecule has 1 saturated heterocycles. The van der Waals surface area contributed by atoms with Crippen LogP contribution < -0.4 is 0 Å². The Morgan fingerprint density at radius 2 is 2.00 bits per heavy atom. The van der Waals surface area contributed by atoms with Crippen LogP contribution in [0.1, 0.15) is 43.5 Å². The molecule has 26 heavy (non-hydrogen) atoms. The van der Waals surface area contributed by atoms with Gasteiger partial charge in [0.05, 0.1) is 23.5 Å². The van der Waals surface area contributed by atoms with Crippen molar-refractivity contribution in [3.8, 4) is 5.69 Å². The first-order valence-electron chi connectivity index (χ1n) is 9.04. The summed E-state index contributed by atoms with van der Waals surface area (Å²) in [5, 5.41) is 17.3. The molecule has 1 aromatic carbocycles. The maximum atomic E-state index is 12.8. The molecule has 3 rings (SSSR count). The molecule has 1 aliphatic rings. The minimum Gasteiger partial charge on any atom is -0.481 e. The van der Waals surface area contributed by atoms with E-state index in [0.29, 0.717) is 18.7 Å². The summed E-state index contributed by atoms with van der Waals surface area (Å²) >= 11 is 0. The van der Waals surface area contributed by atoms with Gasteiger partial charge in [-0.05, 0) is 44.7 Å². The molecular formula is C19H24N4O3. The number of carbonyl (C=O) groups is 2. The highest BCUT2D eigenvalue weighted by Gasteiger charge is 2.28. The standard InChI is InChI=1S/C19H24N4O3/c1-14-17(20-21-23(14)16-8-3-2-4-9-16)13-18(24)22-12-6-5-7-15(22)10-11-19(25)26/h2-4,8-9,15H,5-7,10-13H2,1H3,(H,25,26). The fourth-order valence-corrected chi connectivity index (χ4v) is 3.50. The Hall–Kier alpha value is -2.70. The zero-order valence-corrected chi connectivity index (χ0v) is 15.0. The minimum atomic E-state index is -0.815. The Balaban J connectivity index is 1.71. The van der Waals surface area contributed by atoms with Gasteiger partial charge in [0.15, 0.2) is 0 Å². The van der Waals surface area contributed by atoms with Crippen molar-refractivity contribution >= 4 is 11.9 Å². The second-order valence-electron chi connectivity index (χ2n) is 6.71. The molecular weight excluding hydrogens is 332 g/mol. The number of nitrogens with zero attached hydrogens (tertiary/aromatic N) is 4. The topological polar surface area (TPSA) is 88.3 Å². The van der Waals surface area contributed by atoms with Crippen LogP contribution in [0, 0.1) is 6.92 Å². The molecule has 2 aromatic rings. The number of amides is 1. The highest BCUT2D eigenvalue weighted by Crippen LogP contribution is 2.22. The highest BCUT2D eigenvalue weighted by atomic mass is 16.4. The maximum Gasteiger partial charge on any atom is 0.303 e. The van der Waals surface area contributed by atoms with Crippen molar-refractivity contribution in [2.75, 3.05) is 6.54 Å². The molecule has 0 spiro atoms. The summed E-state index contributed by atoms with van der Waals surface area (Å²) in [7, 11) is 0. The van der Waals surface area contributed by atoms with Crippen LogP contribution in [0.2, 0.25) is 0 Å². The molecule has 1 N–H and O–H groups in total. The summed E-state index contributed by atoms with van der Waals surface area (Å²) in [6.45, 7) is 2.60. The first-order chi connectivity index (χ1) is 12.6. The fraction of sp³-hybridized carbons (Fsp3) is 0.474. The Kier molecular flexibility index (Phi) is 5.65. The van der Waals surface area contributed by atoms with Crippen molar-refractivity contribution in [3.63, 3.8) is 0 Å². The predicted molar refractivity (Wildman–Crippen MR) is 96.0 cm³/mol. The molecule has 0 radical (unpaired) electrons. The first kappa shape index (κ1) is 18.1. The van der Waals surface area contributed by atoms with E-state index in [2.05, 4.69) is 10.3 Å². The van der Waals surface area contributed by atoms with Gasteiger partial charge in [-0.1, -0.05) is 23.4 Å². The van der Waals surface area contributed by atoms with E-state index in [-0.39, 0.29) is 24.8 Å². The number of aromatic nitrogens is 3. The van der Waals surface area contributed by atoms with Crippen molar-refractivity contribution in [3.05, 3.63) is 41.7 Å². The Labute approximate surface area is 152 Å². The van der Waals surface area contributed by atoms with Crippen LogP contribution in [0.15, 0.2) is 30.3 Å². The van der Waals surface area contributed by atoms with E-state index in [9.17, 15) is 9.59 Å². The minimum absolute atomic E-state index is 0.00306. The second kappa shape index (κ2) is 8.12. The van der Waals surface area contributed by atoms with Gasteiger partial charge in [-0.15, -0.1) is 5.10 Å². The molecule has 138 valence electrons. The van der Waals surface area contributed by atoms with E-state index in [1.54, 1.807) is 4.68 Å². The molecule has 1 aliphatic heterocycles. The number of hydrogen-bond donors (Lipinski definition) is 1. The Bertz CT molecular complexity index is 772. The molecule has 1 aromatic heterocycles. The average molecular weight is 356 g/mol. The third-order valence-corrected chi connectivity index (χ3v) is 4.95. The lowest BCUT2D eigenvalue weighted by Gasteiger charge is -2.35. The number of piperidine rings is 1. The summed E-state index contributed by atoms with van der Waals surface area (Å²) in [5.41, 5.74) is 2.43. The fourth-order valence-electron chi connectivity index (χ4n) is 3.50. The van der Waals surface area contributed by atoms with E-state index in [1.165, 1.54) is 0 Å². The van der Waals surface area contributed by atoms with Gasteiger partial charge in [-0.25, -0.2) is 4.68 Å². The number of likely N-dealkylation sites (tertiary alicyclic amines) is 1. The zero-order valence-electron chi connectivity index (χ0n) is 15.0. The van der Waals surface area contributed by atoms with Crippen LogP contribution in [-0.2, 0) is 16.0 Å². The number of para-hydroxylation sites is 1. The number of hydrogen-bond acceptors (Lipinski definition) is 4. The van der Waals surface area contributed by atoms with E-state index >= 15 is 0 Å². The van der Waals surface area contributed by atoms with Crippen molar-refractivity contribution in [2.45, 2.75) is 51.5 Å². The van der Waals surface area contributed by atoms with Crippen LogP contribution in [0.4, 0.5) is 0 Å². The summed E-state index contributed by atoms with van der Waals surface area (Å²) in [6.07, 6.45) is 3.67. The normalized spacial score (nSPS) is 17.3. The van der Waals surface area contributed by atoms with E-state index in [0.717, 1.165) is 30.6 Å². The van der Waals surface area contributed by atoms with Crippen molar-refractivity contribution < 1.29 is 14.7 Å². The van der Waals surface area contributed by atoms with Gasteiger partial charge in [0.2, 0.25) is 5.91 Å². The molecule has 2 heterocycles. The van der Waals surface area contributed by atoms with Gasteiger partial charge in [0.1, 0.15) is 0 Å². The monoisotopic (exact) mass is 356 g/mol. The highest BCUT2D eigenvalue weighted by molar-refractivity contribution is 5.79. The average Bonchev–Trinajstić information content (AvgIpc) is 3.01. The third-order valence-electron chi connectivity index (χ3n) is 4.95. The van der Waals surface area contributed by atoms with Crippen LogP contribution in [0.3, 0.4) is 0 Å². The summed E-state index contributed by atoms with van der Waals surface area (Å²) in [4.78, 5) is 25.5. The lowest BCUT2D eigenvalue weighted by molar-refractivity contribution is -0.139. The summed E-state index contributed by atoms with van der Waals surface area (Å²) in [5.74, 6) is -0.812. The largest absolute Gasteiger partial charge is 0.481 e. The molecule has 7 heteroatoms. The van der Waals surface area contributed by atoms with Gasteiger partial charge in [-0.2, -0.15) is 0 Å². The quantitative estimate of drug-likeness (QED) is 0.858. The molecule has 1 fully saturated rings. The smallest absolute Gasteiger partial charge is 0.303 e. The van der Waals surface area contributed by atoms with Crippen LogP contribution >= 0.6 is 0 Å².